The third kappa shape index (κ3) is 4.73. The summed E-state index contributed by atoms with van der Waals surface area (Å²) in [4.78, 5) is 8.16. The zero-order valence-corrected chi connectivity index (χ0v) is 19.3. The maximum atomic E-state index is 13.6. The first-order valence-corrected chi connectivity index (χ1v) is 11.4. The number of hydrogen-bond acceptors (Lipinski definition) is 4. The van der Waals surface area contributed by atoms with E-state index in [1.807, 2.05) is 18.2 Å². The first kappa shape index (κ1) is 23.7. The fourth-order valence-electron chi connectivity index (χ4n) is 4.58. The van der Waals surface area contributed by atoms with Gasteiger partial charge in [-0.2, -0.15) is 22.7 Å². The third-order valence-electron chi connectivity index (χ3n) is 6.22. The van der Waals surface area contributed by atoms with Gasteiger partial charge in [-0.25, -0.2) is 14.6 Å². The van der Waals surface area contributed by atoms with Crippen molar-refractivity contribution in [2.75, 3.05) is 7.11 Å². The minimum Gasteiger partial charge on any atom is -0.496 e. The standard InChI is InChI=1S/C27H22F4N4O/c1-36-23-15-17(8-10-19(23)18-12-13-32-24(28)16-18)9-11-25-33-26-21(6-4-14-35(26)34-25)20-5-2-3-7-22(20)27(29,30)31/h2-3,5,7-13,15-16,21H,4,6,14H2,1H3/b11-9+. The van der Waals surface area contributed by atoms with E-state index in [0.29, 0.717) is 42.3 Å². The molecule has 184 valence electrons. The Labute approximate surface area is 205 Å². The molecular weight excluding hydrogens is 472 g/mol. The molecule has 0 spiro atoms. The van der Waals surface area contributed by atoms with Gasteiger partial charge in [-0.15, -0.1) is 0 Å². The van der Waals surface area contributed by atoms with Crippen molar-refractivity contribution < 1.29 is 22.3 Å². The van der Waals surface area contributed by atoms with Gasteiger partial charge < -0.3 is 4.74 Å². The first-order chi connectivity index (χ1) is 17.3. The zero-order chi connectivity index (χ0) is 25.3. The number of nitrogens with zero attached hydrogens (tertiary/aromatic N) is 4. The van der Waals surface area contributed by atoms with Gasteiger partial charge in [-0.05, 0) is 53.8 Å². The van der Waals surface area contributed by atoms with Crippen molar-refractivity contribution in [2.24, 2.45) is 0 Å². The minimum absolute atomic E-state index is 0.224. The molecule has 0 amide bonds. The van der Waals surface area contributed by atoms with Crippen LogP contribution in [0.25, 0.3) is 23.3 Å². The number of halogens is 4. The predicted octanol–water partition coefficient (Wildman–Crippen LogP) is 6.60. The summed E-state index contributed by atoms with van der Waals surface area (Å²) in [5, 5.41) is 4.51. The van der Waals surface area contributed by atoms with Crippen LogP contribution in [0.15, 0.2) is 60.8 Å². The molecule has 0 saturated carbocycles. The lowest BCUT2D eigenvalue weighted by molar-refractivity contribution is -0.138. The number of fused-ring (bicyclic) bond motifs is 1. The van der Waals surface area contributed by atoms with Gasteiger partial charge in [-0.1, -0.05) is 36.4 Å². The molecule has 0 aliphatic carbocycles. The largest absolute Gasteiger partial charge is 0.496 e. The molecule has 0 bridgehead atoms. The van der Waals surface area contributed by atoms with Crippen molar-refractivity contribution in [3.05, 3.63) is 95.1 Å². The van der Waals surface area contributed by atoms with Gasteiger partial charge >= 0.3 is 6.18 Å². The van der Waals surface area contributed by atoms with Crippen molar-refractivity contribution in [1.29, 1.82) is 0 Å². The zero-order valence-electron chi connectivity index (χ0n) is 19.3. The summed E-state index contributed by atoms with van der Waals surface area (Å²) in [6.45, 7) is 0.603. The smallest absolute Gasteiger partial charge is 0.416 e. The number of pyridine rings is 1. The van der Waals surface area contributed by atoms with E-state index in [4.69, 9.17) is 4.74 Å². The molecule has 2 aromatic carbocycles. The van der Waals surface area contributed by atoms with Crippen molar-refractivity contribution in [3.8, 4) is 16.9 Å². The van der Waals surface area contributed by atoms with Crippen LogP contribution >= 0.6 is 0 Å². The van der Waals surface area contributed by atoms with E-state index in [9.17, 15) is 17.6 Å². The van der Waals surface area contributed by atoms with Crippen LogP contribution in [-0.2, 0) is 12.7 Å². The number of methoxy groups -OCH3 is 1. The second-order valence-corrected chi connectivity index (χ2v) is 8.49. The number of benzene rings is 2. The van der Waals surface area contributed by atoms with Gasteiger partial charge in [0.2, 0.25) is 5.95 Å². The van der Waals surface area contributed by atoms with Crippen LogP contribution in [-0.4, -0.2) is 26.9 Å². The SMILES string of the molecule is COc1cc(/C=C/c2nc3n(n2)CCCC3c2ccccc2C(F)(F)F)ccc1-c1ccnc(F)c1. The highest BCUT2D eigenvalue weighted by Gasteiger charge is 2.37. The van der Waals surface area contributed by atoms with Gasteiger partial charge in [0.25, 0.3) is 0 Å². The number of aryl methyl sites for hydroxylation is 1. The molecule has 0 fully saturated rings. The molecule has 2 aromatic heterocycles. The molecule has 5 rings (SSSR count). The number of aromatic nitrogens is 4. The number of rotatable bonds is 5. The van der Waals surface area contributed by atoms with Gasteiger partial charge in [0.1, 0.15) is 11.6 Å². The van der Waals surface area contributed by atoms with E-state index in [1.54, 1.807) is 29.0 Å². The predicted molar refractivity (Wildman–Crippen MR) is 128 cm³/mol. The van der Waals surface area contributed by atoms with Crippen LogP contribution in [0.5, 0.6) is 5.75 Å². The molecule has 36 heavy (non-hydrogen) atoms. The molecule has 9 heteroatoms. The molecule has 1 aliphatic rings. The summed E-state index contributed by atoms with van der Waals surface area (Å²) in [6, 6.07) is 14.2. The fourth-order valence-corrected chi connectivity index (χ4v) is 4.58. The van der Waals surface area contributed by atoms with E-state index in [2.05, 4.69) is 15.1 Å². The van der Waals surface area contributed by atoms with E-state index >= 15 is 0 Å². The quantitative estimate of drug-likeness (QED) is 0.232. The Kier molecular flexibility index (Phi) is 6.30. The average Bonchev–Trinajstić information content (AvgIpc) is 3.30. The minimum atomic E-state index is -4.44. The van der Waals surface area contributed by atoms with Gasteiger partial charge in [0.15, 0.2) is 5.82 Å². The second kappa shape index (κ2) is 9.56. The van der Waals surface area contributed by atoms with Crippen LogP contribution in [0.3, 0.4) is 0 Å². The fraction of sp³-hybridized carbons (Fsp3) is 0.222. The number of ether oxygens (including phenoxy) is 1. The summed E-state index contributed by atoms with van der Waals surface area (Å²) in [5.41, 5.74) is 1.75. The maximum absolute atomic E-state index is 13.6. The van der Waals surface area contributed by atoms with E-state index in [1.165, 1.54) is 31.5 Å². The normalized spacial score (nSPS) is 15.8. The van der Waals surface area contributed by atoms with E-state index < -0.39 is 23.6 Å². The molecule has 3 heterocycles. The van der Waals surface area contributed by atoms with Crippen LogP contribution in [0, 0.1) is 5.95 Å². The second-order valence-electron chi connectivity index (χ2n) is 8.49. The molecule has 1 unspecified atom stereocenters. The van der Waals surface area contributed by atoms with E-state index in [-0.39, 0.29) is 5.56 Å². The summed E-state index contributed by atoms with van der Waals surface area (Å²) >= 11 is 0. The number of hydrogen-bond donors (Lipinski definition) is 0. The Bertz CT molecular complexity index is 1430. The lowest BCUT2D eigenvalue weighted by Crippen LogP contribution is -2.21. The third-order valence-corrected chi connectivity index (χ3v) is 6.22. The lowest BCUT2D eigenvalue weighted by Gasteiger charge is -2.25. The summed E-state index contributed by atoms with van der Waals surface area (Å²) in [6.07, 6.45) is 1.77. The molecule has 4 aromatic rings. The molecule has 1 atom stereocenters. The first-order valence-electron chi connectivity index (χ1n) is 11.4. The highest BCUT2D eigenvalue weighted by molar-refractivity contribution is 5.75. The summed E-state index contributed by atoms with van der Waals surface area (Å²) in [5.74, 6) is 0.449. The van der Waals surface area contributed by atoms with Crippen molar-refractivity contribution in [1.82, 2.24) is 19.7 Å². The van der Waals surface area contributed by atoms with E-state index in [0.717, 1.165) is 17.2 Å². The maximum Gasteiger partial charge on any atom is 0.416 e. The van der Waals surface area contributed by atoms with Gasteiger partial charge in [-0.3, -0.25) is 0 Å². The summed E-state index contributed by atoms with van der Waals surface area (Å²) in [7, 11) is 1.54. The molecule has 5 nitrogen and oxygen atoms in total. The highest BCUT2D eigenvalue weighted by Crippen LogP contribution is 2.40. The average molecular weight is 494 g/mol. The number of alkyl halides is 3. The molecule has 0 N–H and O–H groups in total. The van der Waals surface area contributed by atoms with Crippen molar-refractivity contribution in [2.45, 2.75) is 31.5 Å². The Morgan fingerprint density at radius 2 is 1.89 bits per heavy atom. The van der Waals surface area contributed by atoms with Crippen LogP contribution in [0.2, 0.25) is 0 Å². The molecule has 0 saturated heterocycles. The molecule has 0 radical (unpaired) electrons. The van der Waals surface area contributed by atoms with Gasteiger partial charge in [0.05, 0.1) is 12.7 Å². The molecule has 1 aliphatic heterocycles. The Hall–Kier alpha value is -4.01. The van der Waals surface area contributed by atoms with Gasteiger partial charge in [0, 0.05) is 30.3 Å². The Morgan fingerprint density at radius 3 is 2.67 bits per heavy atom. The van der Waals surface area contributed by atoms with Crippen molar-refractivity contribution in [3.63, 3.8) is 0 Å². The van der Waals surface area contributed by atoms with Crippen LogP contribution < -0.4 is 4.74 Å². The molecular formula is C27H22F4N4O. The Morgan fingerprint density at radius 1 is 1.06 bits per heavy atom. The summed E-state index contributed by atoms with van der Waals surface area (Å²) < 4.78 is 61.6. The van der Waals surface area contributed by atoms with Crippen LogP contribution in [0.1, 0.15) is 47.1 Å². The van der Waals surface area contributed by atoms with Crippen LogP contribution in [0.4, 0.5) is 17.6 Å². The topological polar surface area (TPSA) is 52.8 Å². The van der Waals surface area contributed by atoms with Crippen molar-refractivity contribution >= 4 is 12.2 Å². The monoisotopic (exact) mass is 494 g/mol. The lowest BCUT2D eigenvalue weighted by atomic mass is 9.88. The highest BCUT2D eigenvalue weighted by atomic mass is 19.4. The Balaban J connectivity index is 1.43.